The minimum atomic E-state index is -0.241. The van der Waals surface area contributed by atoms with Crippen LogP contribution in [0.15, 0.2) is 27.7 Å². The molecule has 0 aliphatic carbocycles. The number of pyridine rings is 1. The number of hydrogen-bond donors (Lipinski definition) is 1. The van der Waals surface area contributed by atoms with E-state index in [1.165, 1.54) is 0 Å². The molecule has 0 radical (unpaired) electrons. The number of aromatic nitrogens is 2. The lowest BCUT2D eigenvalue weighted by Crippen LogP contribution is -2.31. The molecule has 0 aromatic carbocycles. The molecule has 0 unspecified atom stereocenters. The lowest BCUT2D eigenvalue weighted by molar-refractivity contribution is 0.472. The second-order valence-electron chi connectivity index (χ2n) is 6.85. The summed E-state index contributed by atoms with van der Waals surface area (Å²) in [4.78, 5) is 13.4. The second-order valence-corrected chi connectivity index (χ2v) is 6.85. The predicted octanol–water partition coefficient (Wildman–Crippen LogP) is 3.13. The zero-order valence-corrected chi connectivity index (χ0v) is 13.0. The van der Waals surface area contributed by atoms with E-state index in [0.29, 0.717) is 22.6 Å². The van der Waals surface area contributed by atoms with Gasteiger partial charge in [-0.25, -0.2) is 15.0 Å². The van der Waals surface area contributed by atoms with Gasteiger partial charge in [-0.3, -0.25) is 0 Å². The van der Waals surface area contributed by atoms with E-state index in [9.17, 15) is 0 Å². The van der Waals surface area contributed by atoms with E-state index in [-0.39, 0.29) is 11.1 Å². The van der Waals surface area contributed by atoms with Crippen LogP contribution in [0.1, 0.15) is 41.5 Å². The summed E-state index contributed by atoms with van der Waals surface area (Å²) in [5.41, 5.74) is 1.35. The molecule has 0 saturated heterocycles. The van der Waals surface area contributed by atoms with Gasteiger partial charge in [-0.1, -0.05) is 0 Å². The molecule has 2 aromatic heterocycles. The van der Waals surface area contributed by atoms with Gasteiger partial charge in [0.05, 0.1) is 5.54 Å². The van der Waals surface area contributed by atoms with Crippen molar-refractivity contribution in [2.75, 3.05) is 5.32 Å². The first-order valence-corrected chi connectivity index (χ1v) is 6.74. The Morgan fingerprint density at radius 2 is 1.85 bits per heavy atom. The SMILES string of the molecule is CC(C)(C)N=c1oc2cccnc2nc1NC(C)(C)C. The summed E-state index contributed by atoms with van der Waals surface area (Å²) < 4.78 is 5.86. The van der Waals surface area contributed by atoms with Crippen molar-refractivity contribution < 1.29 is 4.42 Å². The summed E-state index contributed by atoms with van der Waals surface area (Å²) in [6.07, 6.45) is 1.70. The standard InChI is InChI=1S/C15H22N4O/c1-14(2,3)18-12-13(19-15(4,5)6)20-10-8-7-9-16-11(10)17-12/h7-9H,1-6H3,(H,16,17,18). The van der Waals surface area contributed by atoms with Crippen molar-refractivity contribution in [3.05, 3.63) is 23.9 Å². The van der Waals surface area contributed by atoms with Gasteiger partial charge >= 0.3 is 0 Å². The highest BCUT2D eigenvalue weighted by atomic mass is 16.3. The third-order valence-electron chi connectivity index (χ3n) is 2.31. The Labute approximate surface area is 119 Å². The van der Waals surface area contributed by atoms with Crippen LogP contribution in [0, 0.1) is 0 Å². The molecular formula is C15H22N4O. The molecule has 0 aliphatic rings. The maximum atomic E-state index is 5.86. The van der Waals surface area contributed by atoms with Gasteiger partial charge < -0.3 is 9.73 Å². The van der Waals surface area contributed by atoms with Gasteiger partial charge in [0.1, 0.15) is 0 Å². The van der Waals surface area contributed by atoms with E-state index in [2.05, 4.69) is 41.0 Å². The number of nitrogens with zero attached hydrogens (tertiary/aromatic N) is 3. The van der Waals surface area contributed by atoms with Crippen LogP contribution in [-0.4, -0.2) is 21.0 Å². The van der Waals surface area contributed by atoms with Gasteiger partial charge in [0, 0.05) is 11.7 Å². The van der Waals surface area contributed by atoms with Crippen LogP contribution in [0.25, 0.3) is 11.2 Å². The number of anilines is 1. The van der Waals surface area contributed by atoms with E-state index in [1.807, 2.05) is 32.9 Å². The average molecular weight is 274 g/mol. The molecule has 0 spiro atoms. The second kappa shape index (κ2) is 4.89. The van der Waals surface area contributed by atoms with Gasteiger partial charge in [-0.2, -0.15) is 0 Å². The average Bonchev–Trinajstić information content (AvgIpc) is 2.26. The monoisotopic (exact) mass is 274 g/mol. The van der Waals surface area contributed by atoms with Crippen molar-refractivity contribution in [2.24, 2.45) is 4.99 Å². The Kier molecular flexibility index (Phi) is 3.54. The largest absolute Gasteiger partial charge is 0.432 e. The number of rotatable bonds is 1. The summed E-state index contributed by atoms with van der Waals surface area (Å²) in [5, 5.41) is 3.33. The molecule has 0 aliphatic heterocycles. The molecule has 0 atom stereocenters. The van der Waals surface area contributed by atoms with Crippen molar-refractivity contribution in [2.45, 2.75) is 52.6 Å². The zero-order chi connectivity index (χ0) is 15.0. The number of nitrogens with one attached hydrogen (secondary N) is 1. The van der Waals surface area contributed by atoms with Crippen molar-refractivity contribution in [3.63, 3.8) is 0 Å². The Morgan fingerprint density at radius 3 is 2.45 bits per heavy atom. The highest BCUT2D eigenvalue weighted by Gasteiger charge is 2.16. The van der Waals surface area contributed by atoms with E-state index in [1.54, 1.807) is 6.20 Å². The molecule has 108 valence electrons. The van der Waals surface area contributed by atoms with Crippen LogP contribution in [0.3, 0.4) is 0 Å². The lowest BCUT2D eigenvalue weighted by Gasteiger charge is -2.21. The first-order valence-electron chi connectivity index (χ1n) is 6.74. The van der Waals surface area contributed by atoms with Crippen LogP contribution >= 0.6 is 0 Å². The van der Waals surface area contributed by atoms with Crippen LogP contribution < -0.4 is 10.9 Å². The van der Waals surface area contributed by atoms with Crippen molar-refractivity contribution in [1.82, 2.24) is 9.97 Å². The molecule has 0 fully saturated rings. The molecule has 20 heavy (non-hydrogen) atoms. The minimum Gasteiger partial charge on any atom is -0.432 e. The van der Waals surface area contributed by atoms with Crippen molar-refractivity contribution in [3.8, 4) is 0 Å². The quantitative estimate of drug-likeness (QED) is 0.867. The van der Waals surface area contributed by atoms with Crippen LogP contribution in [0.4, 0.5) is 5.82 Å². The zero-order valence-electron chi connectivity index (χ0n) is 13.0. The van der Waals surface area contributed by atoms with Gasteiger partial charge in [-0.05, 0) is 53.7 Å². The van der Waals surface area contributed by atoms with Gasteiger partial charge in [-0.15, -0.1) is 0 Å². The molecule has 1 N–H and O–H groups in total. The van der Waals surface area contributed by atoms with Crippen molar-refractivity contribution >= 4 is 17.0 Å². The fraction of sp³-hybridized carbons (Fsp3) is 0.533. The third kappa shape index (κ3) is 3.79. The smallest absolute Gasteiger partial charge is 0.258 e. The number of hydrogen-bond acceptors (Lipinski definition) is 5. The third-order valence-corrected chi connectivity index (χ3v) is 2.31. The van der Waals surface area contributed by atoms with E-state index in [4.69, 9.17) is 4.42 Å². The predicted molar refractivity (Wildman–Crippen MR) is 80.5 cm³/mol. The normalized spacial score (nSPS) is 13.8. The Morgan fingerprint density at radius 1 is 1.15 bits per heavy atom. The van der Waals surface area contributed by atoms with E-state index >= 15 is 0 Å². The number of fused-ring (bicyclic) bond motifs is 1. The Hall–Kier alpha value is -1.91. The maximum absolute atomic E-state index is 5.86. The van der Waals surface area contributed by atoms with Gasteiger partial charge in [0.2, 0.25) is 0 Å². The van der Waals surface area contributed by atoms with Gasteiger partial charge in [0.15, 0.2) is 17.0 Å². The van der Waals surface area contributed by atoms with Crippen LogP contribution in [0.5, 0.6) is 0 Å². The summed E-state index contributed by atoms with van der Waals surface area (Å²) in [7, 11) is 0. The molecule has 5 nitrogen and oxygen atoms in total. The topological polar surface area (TPSA) is 63.3 Å². The maximum Gasteiger partial charge on any atom is 0.258 e. The molecule has 2 heterocycles. The van der Waals surface area contributed by atoms with Crippen LogP contribution in [0.2, 0.25) is 0 Å². The minimum absolute atomic E-state index is 0.132. The molecule has 0 saturated carbocycles. The summed E-state index contributed by atoms with van der Waals surface area (Å²) in [6.45, 7) is 12.3. The first-order chi connectivity index (χ1) is 9.14. The van der Waals surface area contributed by atoms with Crippen LogP contribution in [-0.2, 0) is 0 Å². The fourth-order valence-corrected chi connectivity index (χ4v) is 1.67. The fourth-order valence-electron chi connectivity index (χ4n) is 1.67. The molecule has 2 aromatic rings. The highest BCUT2D eigenvalue weighted by Crippen LogP contribution is 2.14. The molecule has 0 bridgehead atoms. The Balaban J connectivity index is 2.68. The summed E-state index contributed by atoms with van der Waals surface area (Å²) in [5.74, 6) is 0.624. The first kappa shape index (κ1) is 14.5. The molecular weight excluding hydrogens is 252 g/mol. The Bertz CT molecular complexity index is 675. The summed E-state index contributed by atoms with van der Waals surface area (Å²) in [6, 6.07) is 3.67. The highest BCUT2D eigenvalue weighted by molar-refractivity contribution is 5.67. The van der Waals surface area contributed by atoms with E-state index < -0.39 is 0 Å². The lowest BCUT2D eigenvalue weighted by atomic mass is 10.1. The van der Waals surface area contributed by atoms with Gasteiger partial charge in [0.25, 0.3) is 5.55 Å². The molecule has 5 heteroatoms. The molecule has 2 rings (SSSR count). The summed E-state index contributed by atoms with van der Waals surface area (Å²) >= 11 is 0. The molecule has 0 amide bonds. The van der Waals surface area contributed by atoms with Crippen molar-refractivity contribution in [1.29, 1.82) is 0 Å². The van der Waals surface area contributed by atoms with E-state index in [0.717, 1.165) is 0 Å².